The van der Waals surface area contributed by atoms with Crippen molar-refractivity contribution in [3.05, 3.63) is 36.5 Å². The lowest BCUT2D eigenvalue weighted by Gasteiger charge is -1.99. The molecule has 1 aliphatic heterocycles. The van der Waals surface area contributed by atoms with E-state index in [1.165, 1.54) is 19.3 Å². The molecule has 4 heteroatoms. The minimum atomic E-state index is -0.999. The molecular formula is C20H31O4-. The number of carboxylic acid groups (broad SMARTS) is 1. The summed E-state index contributed by atoms with van der Waals surface area (Å²) in [7, 11) is 0. The number of unbranched alkanes of at least 4 members (excludes halogenated alkanes) is 4. The number of hydrogen-bond donors (Lipinski definition) is 1. The summed E-state index contributed by atoms with van der Waals surface area (Å²) in [5, 5.41) is 20.2. The van der Waals surface area contributed by atoms with Crippen molar-refractivity contribution in [2.45, 2.75) is 83.0 Å². The molecule has 1 fully saturated rings. The van der Waals surface area contributed by atoms with Gasteiger partial charge in [0.25, 0.3) is 0 Å². The maximum atomic E-state index is 10.2. The molecule has 0 unspecified atom stereocenters. The first-order valence-corrected chi connectivity index (χ1v) is 9.15. The SMILES string of the molecule is CCCCC/C=C\C[C@@H]1O[C@@H]1[C@H](O)/C=C\C/C=C\CCCC(=O)[O-]. The van der Waals surface area contributed by atoms with Gasteiger partial charge in [0, 0.05) is 5.97 Å². The highest BCUT2D eigenvalue weighted by Crippen LogP contribution is 2.29. The van der Waals surface area contributed by atoms with Crippen molar-refractivity contribution in [1.29, 1.82) is 0 Å². The van der Waals surface area contributed by atoms with Crippen LogP contribution in [0.5, 0.6) is 0 Å². The third kappa shape index (κ3) is 10.4. The number of hydrogen-bond acceptors (Lipinski definition) is 4. The molecule has 1 aliphatic rings. The van der Waals surface area contributed by atoms with E-state index in [9.17, 15) is 15.0 Å². The fourth-order valence-electron chi connectivity index (χ4n) is 2.49. The maximum Gasteiger partial charge on any atom is 0.114 e. The second kappa shape index (κ2) is 13.0. The summed E-state index contributed by atoms with van der Waals surface area (Å²) >= 11 is 0. The van der Waals surface area contributed by atoms with E-state index in [1.54, 1.807) is 6.08 Å². The van der Waals surface area contributed by atoms with Crippen LogP contribution in [-0.2, 0) is 9.53 Å². The van der Waals surface area contributed by atoms with Gasteiger partial charge in [-0.15, -0.1) is 0 Å². The van der Waals surface area contributed by atoms with E-state index in [4.69, 9.17) is 4.74 Å². The fourth-order valence-corrected chi connectivity index (χ4v) is 2.49. The van der Waals surface area contributed by atoms with Gasteiger partial charge in [0.05, 0.1) is 6.10 Å². The molecule has 0 spiro atoms. The van der Waals surface area contributed by atoms with Gasteiger partial charge in [-0.05, 0) is 44.9 Å². The van der Waals surface area contributed by atoms with E-state index in [0.717, 1.165) is 25.7 Å². The van der Waals surface area contributed by atoms with E-state index in [1.807, 2.05) is 18.2 Å². The Morgan fingerprint density at radius 1 is 1.12 bits per heavy atom. The summed E-state index contributed by atoms with van der Waals surface area (Å²) in [4.78, 5) is 10.2. The molecule has 0 aromatic heterocycles. The van der Waals surface area contributed by atoms with Gasteiger partial charge in [0.15, 0.2) is 0 Å². The Balaban J connectivity index is 2.04. The third-order valence-corrected chi connectivity index (χ3v) is 3.99. The molecule has 0 aromatic carbocycles. The lowest BCUT2D eigenvalue weighted by Crippen LogP contribution is -2.21. The Bertz CT molecular complexity index is 425. The molecule has 4 nitrogen and oxygen atoms in total. The molecule has 1 rings (SSSR count). The molecular weight excluding hydrogens is 304 g/mol. The number of carbonyl (C=O) groups is 1. The summed E-state index contributed by atoms with van der Waals surface area (Å²) in [5.41, 5.74) is 0. The molecule has 0 aromatic rings. The standard InChI is InChI=1S/C20H32O4/c1-2-3-4-5-9-12-15-18-20(24-18)17(21)14-11-8-6-7-10-13-16-19(22)23/h6-7,9,11-12,14,17-18,20-21H,2-5,8,10,13,15-16H2,1H3,(H,22,23)/p-1/b7-6-,12-9-,14-11-/t17-,18+,20-/m1/s1. The third-order valence-electron chi connectivity index (χ3n) is 3.99. The first-order valence-electron chi connectivity index (χ1n) is 9.15. The Morgan fingerprint density at radius 2 is 1.88 bits per heavy atom. The maximum absolute atomic E-state index is 10.2. The van der Waals surface area contributed by atoms with Gasteiger partial charge in [-0.3, -0.25) is 0 Å². The molecule has 0 saturated carbocycles. The number of aliphatic hydroxyl groups is 1. The van der Waals surface area contributed by atoms with Crippen molar-refractivity contribution in [3.8, 4) is 0 Å². The summed E-state index contributed by atoms with van der Waals surface area (Å²) < 4.78 is 5.51. The molecule has 136 valence electrons. The number of carbonyl (C=O) groups excluding carboxylic acids is 1. The van der Waals surface area contributed by atoms with Crippen molar-refractivity contribution in [3.63, 3.8) is 0 Å². The van der Waals surface area contributed by atoms with Crippen LogP contribution in [0.4, 0.5) is 0 Å². The summed E-state index contributed by atoms with van der Waals surface area (Å²) in [6.07, 6.45) is 19.5. The van der Waals surface area contributed by atoms with Crippen LogP contribution < -0.4 is 5.11 Å². The number of rotatable bonds is 14. The minimum Gasteiger partial charge on any atom is -0.550 e. The lowest BCUT2D eigenvalue weighted by atomic mass is 10.1. The van der Waals surface area contributed by atoms with E-state index in [-0.39, 0.29) is 18.6 Å². The molecule has 0 amide bonds. The average Bonchev–Trinajstić information content (AvgIpc) is 3.32. The first kappa shape index (κ1) is 20.7. The second-order valence-corrected chi connectivity index (χ2v) is 6.23. The molecule has 3 atom stereocenters. The zero-order valence-electron chi connectivity index (χ0n) is 14.7. The summed E-state index contributed by atoms with van der Waals surface area (Å²) in [6, 6.07) is 0. The van der Waals surface area contributed by atoms with Gasteiger partial charge < -0.3 is 19.7 Å². The molecule has 1 N–H and O–H groups in total. The van der Waals surface area contributed by atoms with E-state index in [0.29, 0.717) is 6.42 Å². The van der Waals surface area contributed by atoms with Crippen LogP contribution in [0, 0.1) is 0 Å². The topological polar surface area (TPSA) is 72.9 Å². The lowest BCUT2D eigenvalue weighted by molar-refractivity contribution is -0.305. The molecule has 0 aliphatic carbocycles. The van der Waals surface area contributed by atoms with Crippen LogP contribution in [0.2, 0.25) is 0 Å². The Hall–Kier alpha value is -1.39. The smallest absolute Gasteiger partial charge is 0.114 e. The van der Waals surface area contributed by atoms with E-state index in [2.05, 4.69) is 19.1 Å². The number of aliphatic carboxylic acids is 1. The van der Waals surface area contributed by atoms with Crippen LogP contribution in [0.1, 0.15) is 64.7 Å². The fraction of sp³-hybridized carbons (Fsp3) is 0.650. The number of aliphatic hydroxyl groups excluding tert-OH is 1. The first-order chi connectivity index (χ1) is 11.6. The molecule has 24 heavy (non-hydrogen) atoms. The van der Waals surface area contributed by atoms with Crippen LogP contribution in [-0.4, -0.2) is 29.4 Å². The molecule has 1 saturated heterocycles. The number of carboxylic acids is 1. The monoisotopic (exact) mass is 335 g/mol. The Morgan fingerprint density at radius 3 is 2.62 bits per heavy atom. The van der Waals surface area contributed by atoms with Crippen LogP contribution >= 0.6 is 0 Å². The minimum absolute atomic E-state index is 0.0754. The zero-order valence-corrected chi connectivity index (χ0v) is 14.7. The van der Waals surface area contributed by atoms with Crippen molar-refractivity contribution in [2.75, 3.05) is 0 Å². The van der Waals surface area contributed by atoms with Crippen LogP contribution in [0.25, 0.3) is 0 Å². The number of ether oxygens (including phenoxy) is 1. The van der Waals surface area contributed by atoms with E-state index >= 15 is 0 Å². The predicted octanol–water partition coefficient (Wildman–Crippen LogP) is 3.06. The van der Waals surface area contributed by atoms with Gasteiger partial charge in [-0.1, -0.05) is 56.2 Å². The van der Waals surface area contributed by atoms with Crippen LogP contribution in [0.15, 0.2) is 36.5 Å². The van der Waals surface area contributed by atoms with Crippen LogP contribution in [0.3, 0.4) is 0 Å². The van der Waals surface area contributed by atoms with Gasteiger partial charge in [0.1, 0.15) is 12.2 Å². The van der Waals surface area contributed by atoms with Crippen molar-refractivity contribution >= 4 is 5.97 Å². The van der Waals surface area contributed by atoms with Crippen molar-refractivity contribution < 1.29 is 19.7 Å². The highest BCUT2D eigenvalue weighted by Gasteiger charge is 2.42. The zero-order chi connectivity index (χ0) is 17.6. The van der Waals surface area contributed by atoms with Gasteiger partial charge in [0.2, 0.25) is 0 Å². The van der Waals surface area contributed by atoms with Gasteiger partial charge in [-0.25, -0.2) is 0 Å². The normalized spacial score (nSPS) is 21.9. The largest absolute Gasteiger partial charge is 0.550 e. The Labute approximate surface area is 145 Å². The van der Waals surface area contributed by atoms with Gasteiger partial charge >= 0.3 is 0 Å². The highest BCUT2D eigenvalue weighted by atomic mass is 16.6. The number of epoxide rings is 1. The predicted molar refractivity (Wildman–Crippen MR) is 94.3 cm³/mol. The Kier molecular flexibility index (Phi) is 11.2. The van der Waals surface area contributed by atoms with E-state index < -0.39 is 12.1 Å². The highest BCUT2D eigenvalue weighted by molar-refractivity contribution is 5.64. The summed E-state index contributed by atoms with van der Waals surface area (Å²) in [6.45, 7) is 2.20. The molecule has 1 heterocycles. The molecule has 0 bridgehead atoms. The van der Waals surface area contributed by atoms with Gasteiger partial charge in [-0.2, -0.15) is 0 Å². The van der Waals surface area contributed by atoms with Crippen molar-refractivity contribution in [1.82, 2.24) is 0 Å². The average molecular weight is 335 g/mol. The quantitative estimate of drug-likeness (QED) is 0.301. The van der Waals surface area contributed by atoms with Crippen molar-refractivity contribution in [2.24, 2.45) is 0 Å². The number of allylic oxidation sites excluding steroid dienone is 4. The molecule has 0 radical (unpaired) electrons. The summed E-state index contributed by atoms with van der Waals surface area (Å²) in [5.74, 6) is -0.999. The second-order valence-electron chi connectivity index (χ2n) is 6.23.